The summed E-state index contributed by atoms with van der Waals surface area (Å²) < 4.78 is 6.41. The normalized spacial score (nSPS) is 15.7. The fraction of sp³-hybridized carbons (Fsp3) is 0.231. The van der Waals surface area contributed by atoms with Gasteiger partial charge >= 0.3 is 7.12 Å². The van der Waals surface area contributed by atoms with Gasteiger partial charge in [-0.25, -0.2) is 0 Å². The number of hydrogen-bond acceptors (Lipinski definition) is 3. The number of benzene rings is 3. The Balaban J connectivity index is 1.91. The van der Waals surface area contributed by atoms with Gasteiger partial charge in [0.2, 0.25) is 0 Å². The van der Waals surface area contributed by atoms with Crippen LogP contribution in [0.5, 0.6) is 0 Å². The van der Waals surface area contributed by atoms with Crippen molar-refractivity contribution < 1.29 is 14.5 Å². The molecule has 4 aromatic rings. The lowest BCUT2D eigenvalue weighted by atomic mass is 9.75. The number of rotatable bonds is 2. The Hall–Kier alpha value is -2.82. The molecule has 3 aromatic carbocycles. The molecule has 0 bridgehead atoms. The molecule has 1 aliphatic carbocycles. The average Bonchev–Trinajstić information content (AvgIpc) is 3.06. The van der Waals surface area contributed by atoms with E-state index in [4.69, 9.17) is 4.42 Å². The van der Waals surface area contributed by atoms with Crippen molar-refractivity contribution in [2.45, 2.75) is 34.1 Å². The molecule has 1 unspecified atom stereocenters. The zero-order valence-corrected chi connectivity index (χ0v) is 17.8. The number of furan rings is 1. The van der Waals surface area contributed by atoms with Crippen LogP contribution in [-0.2, 0) is 6.42 Å². The maximum absolute atomic E-state index is 10.1. The minimum atomic E-state index is -1.58. The van der Waals surface area contributed by atoms with Gasteiger partial charge in [-0.3, -0.25) is 0 Å². The molecule has 30 heavy (non-hydrogen) atoms. The van der Waals surface area contributed by atoms with Gasteiger partial charge in [-0.2, -0.15) is 0 Å². The van der Waals surface area contributed by atoms with E-state index in [0.29, 0.717) is 17.0 Å². The van der Waals surface area contributed by atoms with Crippen molar-refractivity contribution in [1.82, 2.24) is 0 Å². The van der Waals surface area contributed by atoms with Gasteiger partial charge in [0.25, 0.3) is 0 Å². The molecule has 1 heterocycles. The highest BCUT2D eigenvalue weighted by Crippen LogP contribution is 2.41. The Morgan fingerprint density at radius 1 is 1.00 bits per heavy atom. The molecule has 0 saturated heterocycles. The van der Waals surface area contributed by atoms with E-state index < -0.39 is 7.12 Å². The van der Waals surface area contributed by atoms with Gasteiger partial charge in [0.1, 0.15) is 11.2 Å². The largest absolute Gasteiger partial charge is 0.492 e. The van der Waals surface area contributed by atoms with Gasteiger partial charge in [-0.15, -0.1) is 0 Å². The zero-order valence-electron chi connectivity index (χ0n) is 17.8. The van der Waals surface area contributed by atoms with E-state index >= 15 is 0 Å². The maximum Gasteiger partial charge on any atom is 0.492 e. The Morgan fingerprint density at radius 3 is 2.43 bits per heavy atom. The predicted molar refractivity (Wildman–Crippen MR) is 125 cm³/mol. The average molecular weight is 396 g/mol. The summed E-state index contributed by atoms with van der Waals surface area (Å²) in [6.07, 6.45) is 5.25. The summed E-state index contributed by atoms with van der Waals surface area (Å²) in [5, 5.41) is 22.2. The third-order valence-electron chi connectivity index (χ3n) is 6.28. The van der Waals surface area contributed by atoms with Gasteiger partial charge in [0.05, 0.1) is 0 Å². The molecule has 2 N–H and O–H groups in total. The first kappa shape index (κ1) is 19.2. The van der Waals surface area contributed by atoms with Crippen molar-refractivity contribution in [1.29, 1.82) is 0 Å². The summed E-state index contributed by atoms with van der Waals surface area (Å²) >= 11 is 0. The molecule has 0 radical (unpaired) electrons. The Bertz CT molecular complexity index is 1320. The summed E-state index contributed by atoms with van der Waals surface area (Å²) in [6, 6.07) is 12.5. The molecule has 0 spiro atoms. The van der Waals surface area contributed by atoms with Gasteiger partial charge < -0.3 is 14.5 Å². The van der Waals surface area contributed by atoms with Gasteiger partial charge in [0, 0.05) is 21.8 Å². The van der Waals surface area contributed by atoms with E-state index in [2.05, 4.69) is 70.2 Å². The highest BCUT2D eigenvalue weighted by Gasteiger charge is 2.26. The van der Waals surface area contributed by atoms with Crippen molar-refractivity contribution in [3.63, 3.8) is 0 Å². The standard InChI is InChI=1S/C26H25BO3/c1-14-8-9-19-18(12-14)13-22(27(28)29)26-24(19)21-7-5-6-20(25(21)30-26)23-16(3)10-15(2)11-17(23)4/h5-11,13-14,28-29H,12H2,1-4H3. The highest BCUT2D eigenvalue weighted by atomic mass is 16.4. The van der Waals surface area contributed by atoms with Crippen LogP contribution in [0.4, 0.5) is 0 Å². The van der Waals surface area contributed by atoms with E-state index in [0.717, 1.165) is 39.5 Å². The topological polar surface area (TPSA) is 53.6 Å². The third kappa shape index (κ3) is 2.83. The molecular weight excluding hydrogens is 371 g/mol. The lowest BCUT2D eigenvalue weighted by Crippen LogP contribution is -2.31. The fourth-order valence-corrected chi connectivity index (χ4v) is 5.11. The van der Waals surface area contributed by atoms with Crippen LogP contribution in [-0.4, -0.2) is 17.2 Å². The second kappa shape index (κ2) is 6.87. The monoisotopic (exact) mass is 396 g/mol. The van der Waals surface area contributed by atoms with Crippen LogP contribution < -0.4 is 5.46 Å². The Morgan fingerprint density at radius 2 is 1.73 bits per heavy atom. The summed E-state index contributed by atoms with van der Waals surface area (Å²) in [6.45, 7) is 8.55. The molecule has 5 rings (SSSR count). The highest BCUT2D eigenvalue weighted by molar-refractivity contribution is 6.62. The van der Waals surface area contributed by atoms with Crippen molar-refractivity contribution >= 4 is 40.6 Å². The van der Waals surface area contributed by atoms with Crippen LogP contribution in [0.2, 0.25) is 0 Å². The van der Waals surface area contributed by atoms with Crippen LogP contribution in [0.3, 0.4) is 0 Å². The molecule has 150 valence electrons. The van der Waals surface area contributed by atoms with Crippen LogP contribution in [0.15, 0.2) is 46.9 Å². The summed E-state index contributed by atoms with van der Waals surface area (Å²) in [5.74, 6) is 0.421. The quantitative estimate of drug-likeness (QED) is 0.466. The van der Waals surface area contributed by atoms with Crippen molar-refractivity contribution in [3.8, 4) is 11.1 Å². The molecule has 4 heteroatoms. The van der Waals surface area contributed by atoms with Gasteiger partial charge in [-0.05, 0) is 60.9 Å². The van der Waals surface area contributed by atoms with Crippen LogP contribution >= 0.6 is 0 Å². The molecule has 0 saturated carbocycles. The predicted octanol–water partition coefficient (Wildman–Crippen LogP) is 5.06. The fourth-order valence-electron chi connectivity index (χ4n) is 5.11. The molecular formula is C26H25BO3. The van der Waals surface area contributed by atoms with E-state index in [1.807, 2.05) is 6.07 Å². The first-order chi connectivity index (χ1) is 14.3. The Kier molecular flexibility index (Phi) is 4.39. The SMILES string of the molecule is Cc1cc(C)c(-c2cccc3c2oc2c(B(O)O)cc4c(c23)C=CC(C)C4)c(C)c1. The summed E-state index contributed by atoms with van der Waals surface area (Å²) in [4.78, 5) is 0. The van der Waals surface area contributed by atoms with Crippen molar-refractivity contribution in [2.24, 2.45) is 5.92 Å². The summed E-state index contributed by atoms with van der Waals surface area (Å²) in [7, 11) is -1.58. The Labute approximate surface area is 176 Å². The second-order valence-electron chi connectivity index (χ2n) is 8.71. The first-order valence-electron chi connectivity index (χ1n) is 10.5. The van der Waals surface area contributed by atoms with E-state index in [-0.39, 0.29) is 0 Å². The first-order valence-corrected chi connectivity index (χ1v) is 10.5. The van der Waals surface area contributed by atoms with Crippen molar-refractivity contribution in [2.75, 3.05) is 0 Å². The number of hydrogen-bond donors (Lipinski definition) is 2. The van der Waals surface area contributed by atoms with E-state index in [1.54, 1.807) is 0 Å². The smallest absolute Gasteiger partial charge is 0.456 e. The molecule has 1 aliphatic rings. The lowest BCUT2D eigenvalue weighted by molar-refractivity contribution is 0.425. The van der Waals surface area contributed by atoms with Crippen LogP contribution in [0, 0.1) is 26.7 Å². The molecule has 1 atom stereocenters. The molecule has 0 aliphatic heterocycles. The maximum atomic E-state index is 10.1. The number of fused-ring (bicyclic) bond motifs is 5. The zero-order chi connectivity index (χ0) is 21.2. The lowest BCUT2D eigenvalue weighted by Gasteiger charge is -2.18. The van der Waals surface area contributed by atoms with Gasteiger partial charge in [0.15, 0.2) is 0 Å². The number of aryl methyl sites for hydroxylation is 3. The minimum absolute atomic E-state index is 0.421. The minimum Gasteiger partial charge on any atom is -0.456 e. The second-order valence-corrected chi connectivity index (χ2v) is 8.71. The summed E-state index contributed by atoms with van der Waals surface area (Å²) in [5.41, 5.74) is 9.93. The van der Waals surface area contributed by atoms with E-state index in [9.17, 15) is 10.0 Å². The van der Waals surface area contributed by atoms with Crippen LogP contribution in [0.25, 0.3) is 39.1 Å². The number of allylic oxidation sites excluding steroid dienone is 1. The molecule has 1 aromatic heterocycles. The number of para-hydroxylation sites is 1. The molecule has 3 nitrogen and oxygen atoms in total. The van der Waals surface area contributed by atoms with Crippen molar-refractivity contribution in [3.05, 3.63) is 70.3 Å². The van der Waals surface area contributed by atoms with Crippen LogP contribution in [0.1, 0.15) is 34.7 Å². The third-order valence-corrected chi connectivity index (χ3v) is 6.28. The van der Waals surface area contributed by atoms with E-state index in [1.165, 1.54) is 22.3 Å². The molecule has 0 fully saturated rings. The van der Waals surface area contributed by atoms with Gasteiger partial charge in [-0.1, -0.05) is 61.0 Å². The molecule has 0 amide bonds.